The normalized spacial score (nSPS) is 17.3. The van der Waals surface area contributed by atoms with Crippen LogP contribution in [0, 0.1) is 5.82 Å². The SMILES string of the molecule is CN(Cc1ccc(C(F)(F)F)c(F)c1)C1CN(C(=O)c2ccc(-c3ccccn3)cc2)CC1c1ccc(Cl)c(Cl)c1. The summed E-state index contributed by atoms with van der Waals surface area (Å²) < 4.78 is 53.4. The number of hydrogen-bond acceptors (Lipinski definition) is 3. The molecular formula is C31H25Cl2F4N3O. The van der Waals surface area contributed by atoms with Crippen LogP contribution in [-0.4, -0.2) is 46.9 Å². The maximum atomic E-state index is 14.3. The van der Waals surface area contributed by atoms with Gasteiger partial charge in [0, 0.05) is 48.9 Å². The molecule has 0 N–H and O–H groups in total. The molecule has 0 saturated carbocycles. The number of hydrogen-bond donors (Lipinski definition) is 0. The number of alkyl halides is 3. The van der Waals surface area contributed by atoms with Crippen molar-refractivity contribution in [2.75, 3.05) is 20.1 Å². The van der Waals surface area contributed by atoms with Crippen LogP contribution < -0.4 is 0 Å². The van der Waals surface area contributed by atoms with Crippen molar-refractivity contribution in [3.05, 3.63) is 123 Å². The van der Waals surface area contributed by atoms with Crippen LogP contribution in [0.15, 0.2) is 85.1 Å². The summed E-state index contributed by atoms with van der Waals surface area (Å²) in [5.74, 6) is -1.65. The number of nitrogens with zero attached hydrogens (tertiary/aromatic N) is 3. The number of aromatic nitrogens is 1. The first-order valence-electron chi connectivity index (χ1n) is 12.8. The Balaban J connectivity index is 1.39. The molecule has 3 aromatic carbocycles. The highest BCUT2D eigenvalue weighted by Crippen LogP contribution is 2.36. The molecule has 1 aromatic heterocycles. The number of benzene rings is 3. The van der Waals surface area contributed by atoms with Crippen LogP contribution in [0.25, 0.3) is 11.3 Å². The van der Waals surface area contributed by atoms with E-state index in [9.17, 15) is 22.4 Å². The van der Waals surface area contributed by atoms with E-state index in [0.717, 1.165) is 29.0 Å². The second-order valence-corrected chi connectivity index (χ2v) is 10.9. The lowest BCUT2D eigenvalue weighted by molar-refractivity contribution is -0.140. The molecule has 0 spiro atoms. The monoisotopic (exact) mass is 601 g/mol. The molecule has 212 valence electrons. The van der Waals surface area contributed by atoms with Crippen LogP contribution in [0.3, 0.4) is 0 Å². The minimum absolute atomic E-state index is 0.154. The third-order valence-corrected chi connectivity index (χ3v) is 8.12. The van der Waals surface area contributed by atoms with E-state index in [1.807, 2.05) is 41.3 Å². The van der Waals surface area contributed by atoms with Gasteiger partial charge in [-0.05, 0) is 66.7 Å². The van der Waals surface area contributed by atoms with Crippen LogP contribution in [0.2, 0.25) is 10.0 Å². The molecule has 0 aliphatic carbocycles. The fourth-order valence-electron chi connectivity index (χ4n) is 5.26. The standard InChI is InChI=1S/C31H25Cl2F4N3O/c1-39(16-19-5-11-24(27(34)14-19)31(35,36)37)29-18-40(17-23(29)22-10-12-25(32)26(33)15-22)30(41)21-8-6-20(7-9-21)28-4-2-3-13-38-28/h2-15,23,29H,16-18H2,1H3. The zero-order valence-electron chi connectivity index (χ0n) is 21.9. The van der Waals surface area contributed by atoms with Crippen LogP contribution >= 0.6 is 23.2 Å². The van der Waals surface area contributed by atoms with Crippen molar-refractivity contribution in [1.29, 1.82) is 0 Å². The predicted octanol–water partition coefficient (Wildman–Crippen LogP) is 7.95. The molecule has 1 aliphatic heterocycles. The molecule has 1 amide bonds. The Kier molecular flexibility index (Phi) is 8.36. The summed E-state index contributed by atoms with van der Waals surface area (Å²) in [7, 11) is 1.81. The van der Waals surface area contributed by atoms with Crippen LogP contribution in [0.1, 0.15) is 33.0 Å². The molecule has 2 atom stereocenters. The van der Waals surface area contributed by atoms with Crippen molar-refractivity contribution in [2.45, 2.75) is 24.7 Å². The Hall–Kier alpha value is -3.46. The summed E-state index contributed by atoms with van der Waals surface area (Å²) in [5.41, 5.74) is 2.17. The molecule has 1 saturated heterocycles. The molecule has 1 fully saturated rings. The minimum atomic E-state index is -4.77. The van der Waals surface area contributed by atoms with Gasteiger partial charge in [0.1, 0.15) is 5.82 Å². The molecule has 1 aliphatic rings. The molecule has 10 heteroatoms. The lowest BCUT2D eigenvalue weighted by Gasteiger charge is -2.29. The molecule has 4 nitrogen and oxygen atoms in total. The van der Waals surface area contributed by atoms with Crippen molar-refractivity contribution >= 4 is 29.1 Å². The van der Waals surface area contributed by atoms with Gasteiger partial charge in [0.15, 0.2) is 0 Å². The first kappa shape index (κ1) is 29.0. The average molecular weight is 602 g/mol. The molecule has 2 heterocycles. The van der Waals surface area contributed by atoms with E-state index in [1.54, 1.807) is 42.4 Å². The molecule has 5 rings (SSSR count). The van der Waals surface area contributed by atoms with E-state index in [1.165, 1.54) is 6.07 Å². The zero-order valence-corrected chi connectivity index (χ0v) is 23.4. The van der Waals surface area contributed by atoms with Gasteiger partial charge in [-0.15, -0.1) is 0 Å². The van der Waals surface area contributed by atoms with Gasteiger partial charge in [-0.3, -0.25) is 14.7 Å². The smallest absolute Gasteiger partial charge is 0.336 e. The van der Waals surface area contributed by atoms with E-state index in [2.05, 4.69) is 4.98 Å². The molecular weight excluding hydrogens is 577 g/mol. The van der Waals surface area contributed by atoms with E-state index < -0.39 is 17.6 Å². The van der Waals surface area contributed by atoms with Crippen molar-refractivity contribution in [3.63, 3.8) is 0 Å². The molecule has 0 radical (unpaired) electrons. The van der Waals surface area contributed by atoms with Gasteiger partial charge in [-0.2, -0.15) is 13.2 Å². The number of likely N-dealkylation sites (N-methyl/N-ethyl adjacent to an activating group) is 1. The van der Waals surface area contributed by atoms with Crippen molar-refractivity contribution in [2.24, 2.45) is 0 Å². The predicted molar refractivity (Wildman–Crippen MR) is 151 cm³/mol. The Morgan fingerprint density at radius 3 is 2.37 bits per heavy atom. The average Bonchev–Trinajstić information content (AvgIpc) is 3.40. The number of carbonyl (C=O) groups is 1. The maximum Gasteiger partial charge on any atom is 0.419 e. The van der Waals surface area contributed by atoms with Gasteiger partial charge in [-0.1, -0.05) is 53.5 Å². The largest absolute Gasteiger partial charge is 0.419 e. The van der Waals surface area contributed by atoms with Crippen LogP contribution in [0.5, 0.6) is 0 Å². The minimum Gasteiger partial charge on any atom is -0.336 e. The number of carbonyl (C=O) groups excluding carboxylic acids is 1. The molecule has 2 unspecified atom stereocenters. The summed E-state index contributed by atoms with van der Waals surface area (Å²) in [6, 6.07) is 20.9. The second-order valence-electron chi connectivity index (χ2n) is 10.1. The fraction of sp³-hybridized carbons (Fsp3) is 0.226. The quantitative estimate of drug-likeness (QED) is 0.210. The Bertz CT molecular complexity index is 1550. The zero-order chi connectivity index (χ0) is 29.3. The highest BCUT2D eigenvalue weighted by Gasteiger charge is 2.39. The second kappa shape index (κ2) is 11.8. The van der Waals surface area contributed by atoms with Crippen LogP contribution in [0.4, 0.5) is 17.6 Å². The topological polar surface area (TPSA) is 36.4 Å². The van der Waals surface area contributed by atoms with E-state index in [0.29, 0.717) is 34.3 Å². The summed E-state index contributed by atoms with van der Waals surface area (Å²) in [4.78, 5) is 21.6. The summed E-state index contributed by atoms with van der Waals surface area (Å²) in [6.45, 7) is 0.916. The number of halogens is 6. The number of likely N-dealkylation sites (tertiary alicyclic amines) is 1. The highest BCUT2D eigenvalue weighted by molar-refractivity contribution is 6.42. The van der Waals surface area contributed by atoms with Gasteiger partial charge in [0.05, 0.1) is 21.3 Å². The maximum absolute atomic E-state index is 14.3. The number of rotatable bonds is 6. The van der Waals surface area contributed by atoms with Crippen molar-refractivity contribution in [1.82, 2.24) is 14.8 Å². The lowest BCUT2D eigenvalue weighted by atomic mass is 9.93. The number of pyridine rings is 1. The first-order chi connectivity index (χ1) is 19.5. The first-order valence-corrected chi connectivity index (χ1v) is 13.6. The van der Waals surface area contributed by atoms with Gasteiger partial charge in [0.2, 0.25) is 0 Å². The molecule has 41 heavy (non-hydrogen) atoms. The van der Waals surface area contributed by atoms with E-state index in [-0.39, 0.29) is 24.4 Å². The van der Waals surface area contributed by atoms with Gasteiger partial charge in [0.25, 0.3) is 5.91 Å². The summed E-state index contributed by atoms with van der Waals surface area (Å²) >= 11 is 12.5. The van der Waals surface area contributed by atoms with Crippen molar-refractivity contribution < 1.29 is 22.4 Å². The highest BCUT2D eigenvalue weighted by atomic mass is 35.5. The molecule has 4 aromatic rings. The Labute approximate surface area is 245 Å². The van der Waals surface area contributed by atoms with E-state index >= 15 is 0 Å². The van der Waals surface area contributed by atoms with Gasteiger partial charge >= 0.3 is 6.18 Å². The lowest BCUT2D eigenvalue weighted by Crippen LogP contribution is -2.38. The third kappa shape index (κ3) is 6.40. The van der Waals surface area contributed by atoms with E-state index in [4.69, 9.17) is 23.2 Å². The Morgan fingerprint density at radius 2 is 1.73 bits per heavy atom. The van der Waals surface area contributed by atoms with Crippen LogP contribution in [-0.2, 0) is 12.7 Å². The number of amides is 1. The molecule has 0 bridgehead atoms. The third-order valence-electron chi connectivity index (χ3n) is 7.38. The van der Waals surface area contributed by atoms with Crippen molar-refractivity contribution in [3.8, 4) is 11.3 Å². The summed E-state index contributed by atoms with van der Waals surface area (Å²) in [5, 5.41) is 0.782. The Morgan fingerprint density at radius 1 is 0.976 bits per heavy atom. The summed E-state index contributed by atoms with van der Waals surface area (Å²) in [6.07, 6.45) is -3.06. The van der Waals surface area contributed by atoms with Gasteiger partial charge in [-0.25, -0.2) is 4.39 Å². The fourth-order valence-corrected chi connectivity index (χ4v) is 5.57. The van der Waals surface area contributed by atoms with Gasteiger partial charge < -0.3 is 4.90 Å².